The van der Waals surface area contributed by atoms with Crippen molar-refractivity contribution in [3.05, 3.63) is 47.5 Å². The van der Waals surface area contributed by atoms with E-state index in [1.807, 2.05) is 25.3 Å². The van der Waals surface area contributed by atoms with Gasteiger partial charge in [-0.3, -0.25) is 14.5 Å². The van der Waals surface area contributed by atoms with E-state index in [4.69, 9.17) is 4.74 Å². The first-order valence-electron chi connectivity index (χ1n) is 7.94. The molecule has 1 atom stereocenters. The van der Waals surface area contributed by atoms with Crippen LogP contribution in [0.2, 0.25) is 0 Å². The fourth-order valence-corrected chi connectivity index (χ4v) is 3.12. The van der Waals surface area contributed by atoms with Crippen molar-refractivity contribution in [1.82, 2.24) is 20.1 Å². The summed E-state index contributed by atoms with van der Waals surface area (Å²) in [7, 11) is 1.79. The van der Waals surface area contributed by atoms with Crippen LogP contribution in [0.15, 0.2) is 30.6 Å². The minimum absolute atomic E-state index is 0.0599. The number of rotatable bonds is 4. The standard InChI is InChI=1S/C17H22N4O2/c1-12-10-15(21(2)20-12)17(22)19-16(13-5-8-23-9-6-13)14-4-3-7-18-11-14/h3-4,7,10-11,13,16H,5-6,8-9H2,1-2H3,(H,19,22). The number of pyridine rings is 1. The number of hydrogen-bond acceptors (Lipinski definition) is 4. The van der Waals surface area contributed by atoms with E-state index in [1.165, 1.54) is 0 Å². The molecule has 0 aliphatic carbocycles. The Kier molecular flexibility index (Phi) is 4.71. The maximum absolute atomic E-state index is 12.7. The Labute approximate surface area is 135 Å². The largest absolute Gasteiger partial charge is 0.381 e. The molecule has 0 aromatic carbocycles. The van der Waals surface area contributed by atoms with Gasteiger partial charge in [-0.2, -0.15) is 5.10 Å². The minimum atomic E-state index is -0.103. The summed E-state index contributed by atoms with van der Waals surface area (Å²) in [6.45, 7) is 3.36. The fraction of sp³-hybridized carbons (Fsp3) is 0.471. The van der Waals surface area contributed by atoms with Gasteiger partial charge in [0, 0.05) is 32.7 Å². The van der Waals surface area contributed by atoms with E-state index >= 15 is 0 Å². The molecule has 1 unspecified atom stereocenters. The van der Waals surface area contributed by atoms with Gasteiger partial charge in [-0.25, -0.2) is 0 Å². The van der Waals surface area contributed by atoms with Crippen molar-refractivity contribution in [1.29, 1.82) is 0 Å². The lowest BCUT2D eigenvalue weighted by Crippen LogP contribution is -2.36. The van der Waals surface area contributed by atoms with Gasteiger partial charge in [0.25, 0.3) is 5.91 Å². The van der Waals surface area contributed by atoms with E-state index < -0.39 is 0 Å². The summed E-state index contributed by atoms with van der Waals surface area (Å²) in [6, 6.07) is 5.67. The molecule has 6 nitrogen and oxygen atoms in total. The Morgan fingerprint density at radius 1 is 1.43 bits per heavy atom. The average molecular weight is 314 g/mol. The first-order chi connectivity index (χ1) is 11.1. The highest BCUT2D eigenvalue weighted by atomic mass is 16.5. The van der Waals surface area contributed by atoms with Crippen molar-refractivity contribution in [2.75, 3.05) is 13.2 Å². The number of aromatic nitrogens is 3. The second-order valence-corrected chi connectivity index (χ2v) is 5.98. The Hall–Kier alpha value is -2.21. The van der Waals surface area contributed by atoms with E-state index in [-0.39, 0.29) is 11.9 Å². The van der Waals surface area contributed by atoms with Crippen LogP contribution in [0.5, 0.6) is 0 Å². The molecule has 0 bridgehead atoms. The van der Waals surface area contributed by atoms with Crippen molar-refractivity contribution in [3.8, 4) is 0 Å². The first kappa shape index (κ1) is 15.7. The number of ether oxygens (including phenoxy) is 1. The molecule has 1 saturated heterocycles. The molecule has 2 aromatic heterocycles. The smallest absolute Gasteiger partial charge is 0.270 e. The molecule has 1 N–H and O–H groups in total. The molecular weight excluding hydrogens is 292 g/mol. The van der Waals surface area contributed by atoms with E-state index in [2.05, 4.69) is 15.4 Å². The molecular formula is C17H22N4O2. The summed E-state index contributed by atoms with van der Waals surface area (Å²) < 4.78 is 7.08. The van der Waals surface area contributed by atoms with Gasteiger partial charge in [0.1, 0.15) is 5.69 Å². The highest BCUT2D eigenvalue weighted by Crippen LogP contribution is 2.30. The maximum Gasteiger partial charge on any atom is 0.270 e. The number of nitrogens with zero attached hydrogens (tertiary/aromatic N) is 3. The van der Waals surface area contributed by atoms with Crippen LogP contribution >= 0.6 is 0 Å². The van der Waals surface area contributed by atoms with E-state index in [0.29, 0.717) is 11.6 Å². The molecule has 3 heterocycles. The number of carbonyl (C=O) groups is 1. The highest BCUT2D eigenvalue weighted by Gasteiger charge is 2.28. The molecule has 0 saturated carbocycles. The minimum Gasteiger partial charge on any atom is -0.381 e. The zero-order valence-corrected chi connectivity index (χ0v) is 13.5. The number of carbonyl (C=O) groups excluding carboxylic acids is 1. The van der Waals surface area contributed by atoms with Gasteiger partial charge in [0.05, 0.1) is 11.7 Å². The van der Waals surface area contributed by atoms with Gasteiger partial charge < -0.3 is 10.1 Å². The molecule has 1 aliphatic heterocycles. The second-order valence-electron chi connectivity index (χ2n) is 5.98. The van der Waals surface area contributed by atoms with Gasteiger partial charge in [-0.15, -0.1) is 0 Å². The van der Waals surface area contributed by atoms with Gasteiger partial charge in [-0.05, 0) is 43.4 Å². The third-order valence-electron chi connectivity index (χ3n) is 4.30. The second kappa shape index (κ2) is 6.91. The fourth-order valence-electron chi connectivity index (χ4n) is 3.12. The number of amides is 1. The molecule has 122 valence electrons. The van der Waals surface area contributed by atoms with Crippen molar-refractivity contribution in [2.45, 2.75) is 25.8 Å². The monoisotopic (exact) mass is 314 g/mol. The van der Waals surface area contributed by atoms with Crippen LogP contribution in [0.1, 0.15) is 40.6 Å². The molecule has 1 amide bonds. The summed E-state index contributed by atoms with van der Waals surface area (Å²) in [5, 5.41) is 7.43. The molecule has 3 rings (SSSR count). The summed E-state index contributed by atoms with van der Waals surface area (Å²) in [5.74, 6) is 0.250. The average Bonchev–Trinajstić information content (AvgIpc) is 2.92. The predicted octanol–water partition coefficient (Wildman–Crippen LogP) is 2.02. The summed E-state index contributed by atoms with van der Waals surface area (Å²) >= 11 is 0. The lowest BCUT2D eigenvalue weighted by Gasteiger charge is -2.31. The van der Waals surface area contributed by atoms with E-state index in [9.17, 15) is 4.79 Å². The van der Waals surface area contributed by atoms with Crippen LogP contribution in [-0.2, 0) is 11.8 Å². The van der Waals surface area contributed by atoms with Crippen molar-refractivity contribution < 1.29 is 9.53 Å². The SMILES string of the molecule is Cc1cc(C(=O)NC(c2cccnc2)C2CCOCC2)n(C)n1. The Bertz CT molecular complexity index is 662. The zero-order valence-electron chi connectivity index (χ0n) is 13.5. The Morgan fingerprint density at radius 3 is 2.83 bits per heavy atom. The molecule has 6 heteroatoms. The van der Waals surface area contributed by atoms with Gasteiger partial charge in [0.2, 0.25) is 0 Å². The lowest BCUT2D eigenvalue weighted by atomic mass is 9.87. The quantitative estimate of drug-likeness (QED) is 0.937. The van der Waals surface area contributed by atoms with Crippen molar-refractivity contribution in [2.24, 2.45) is 13.0 Å². The van der Waals surface area contributed by atoms with Crippen molar-refractivity contribution in [3.63, 3.8) is 0 Å². The zero-order chi connectivity index (χ0) is 16.2. The molecule has 0 spiro atoms. The summed E-state index contributed by atoms with van der Waals surface area (Å²) in [6.07, 6.45) is 5.44. The molecule has 2 aromatic rings. The Balaban J connectivity index is 1.83. The van der Waals surface area contributed by atoms with E-state index in [0.717, 1.165) is 37.3 Å². The topological polar surface area (TPSA) is 69.0 Å². The molecule has 1 aliphatic rings. The van der Waals surface area contributed by atoms with Gasteiger partial charge in [0.15, 0.2) is 0 Å². The van der Waals surface area contributed by atoms with Gasteiger partial charge >= 0.3 is 0 Å². The van der Waals surface area contributed by atoms with Crippen molar-refractivity contribution >= 4 is 5.91 Å². The third kappa shape index (κ3) is 3.59. The van der Waals surface area contributed by atoms with Crippen LogP contribution in [0, 0.1) is 12.8 Å². The van der Waals surface area contributed by atoms with Gasteiger partial charge in [-0.1, -0.05) is 6.07 Å². The van der Waals surface area contributed by atoms with Crippen LogP contribution in [0.4, 0.5) is 0 Å². The highest BCUT2D eigenvalue weighted by molar-refractivity contribution is 5.93. The number of nitrogens with one attached hydrogen (secondary N) is 1. The number of aryl methyl sites for hydroxylation is 2. The van der Waals surface area contributed by atoms with Crippen LogP contribution < -0.4 is 5.32 Å². The van der Waals surface area contributed by atoms with Crippen LogP contribution in [0.25, 0.3) is 0 Å². The normalized spacial score (nSPS) is 17.0. The van der Waals surface area contributed by atoms with Crippen LogP contribution in [-0.4, -0.2) is 33.9 Å². The molecule has 0 radical (unpaired) electrons. The molecule has 1 fully saturated rings. The predicted molar refractivity (Wildman–Crippen MR) is 85.9 cm³/mol. The summed E-state index contributed by atoms with van der Waals surface area (Å²) in [5.41, 5.74) is 2.44. The summed E-state index contributed by atoms with van der Waals surface area (Å²) in [4.78, 5) is 16.9. The third-order valence-corrected chi connectivity index (χ3v) is 4.30. The first-order valence-corrected chi connectivity index (χ1v) is 7.94. The number of hydrogen-bond donors (Lipinski definition) is 1. The lowest BCUT2D eigenvalue weighted by molar-refractivity contribution is 0.0512. The Morgan fingerprint density at radius 2 is 2.22 bits per heavy atom. The van der Waals surface area contributed by atoms with Crippen LogP contribution in [0.3, 0.4) is 0 Å². The molecule has 23 heavy (non-hydrogen) atoms. The maximum atomic E-state index is 12.7. The van der Waals surface area contributed by atoms with E-state index in [1.54, 1.807) is 24.0 Å².